The molecule has 0 radical (unpaired) electrons. The van der Waals surface area contributed by atoms with Crippen LogP contribution < -0.4 is 5.32 Å². The quantitative estimate of drug-likeness (QED) is 0.810. The van der Waals surface area contributed by atoms with Gasteiger partial charge in [-0.3, -0.25) is 4.79 Å². The van der Waals surface area contributed by atoms with E-state index in [4.69, 9.17) is 0 Å². The third-order valence-electron chi connectivity index (χ3n) is 3.32. The van der Waals surface area contributed by atoms with Crippen LogP contribution in [0.25, 0.3) is 0 Å². The summed E-state index contributed by atoms with van der Waals surface area (Å²) in [5, 5.41) is 3.16. The van der Waals surface area contributed by atoms with E-state index >= 15 is 0 Å². The molecule has 2 nitrogen and oxygen atoms in total. The van der Waals surface area contributed by atoms with Gasteiger partial charge in [-0.2, -0.15) is 0 Å². The summed E-state index contributed by atoms with van der Waals surface area (Å²) in [5.74, 6) is 0.357. The maximum Gasteiger partial charge on any atom is 0.145 e. The Bertz CT molecular complexity index is 380. The predicted octanol–water partition coefficient (Wildman–Crippen LogP) is 1.72. The summed E-state index contributed by atoms with van der Waals surface area (Å²) < 4.78 is 0. The van der Waals surface area contributed by atoms with Gasteiger partial charge in [0.2, 0.25) is 0 Å². The van der Waals surface area contributed by atoms with Gasteiger partial charge in [0.05, 0.1) is 5.41 Å². The molecule has 2 heteroatoms. The van der Waals surface area contributed by atoms with Gasteiger partial charge in [0.25, 0.3) is 0 Å². The third kappa shape index (κ3) is 1.95. The van der Waals surface area contributed by atoms with E-state index in [1.165, 1.54) is 5.56 Å². The van der Waals surface area contributed by atoms with Crippen molar-refractivity contribution >= 4 is 5.78 Å². The van der Waals surface area contributed by atoms with Gasteiger partial charge < -0.3 is 5.32 Å². The molecule has 1 aliphatic heterocycles. The lowest BCUT2D eigenvalue weighted by Crippen LogP contribution is -2.56. The van der Waals surface area contributed by atoms with Gasteiger partial charge in [0.15, 0.2) is 0 Å². The molecule has 1 aromatic carbocycles. The highest BCUT2D eigenvalue weighted by atomic mass is 16.1. The summed E-state index contributed by atoms with van der Waals surface area (Å²) in [6, 6.07) is 8.11. The molecule has 0 spiro atoms. The lowest BCUT2D eigenvalue weighted by molar-refractivity contribution is -0.129. The van der Waals surface area contributed by atoms with Crippen LogP contribution in [0.4, 0.5) is 0 Å². The fourth-order valence-electron chi connectivity index (χ4n) is 1.89. The fraction of sp³-hybridized carbons (Fsp3) is 0.462. The molecule has 1 N–H and O–H groups in total. The minimum atomic E-state index is -0.123. The minimum absolute atomic E-state index is 0.123. The van der Waals surface area contributed by atoms with Gasteiger partial charge in [0, 0.05) is 19.5 Å². The number of hydrogen-bond donors (Lipinski definition) is 1. The van der Waals surface area contributed by atoms with Gasteiger partial charge in [-0.1, -0.05) is 31.2 Å². The molecular formula is C13H17NO. The van der Waals surface area contributed by atoms with E-state index < -0.39 is 0 Å². The van der Waals surface area contributed by atoms with Crippen LogP contribution in [0.15, 0.2) is 24.3 Å². The molecule has 0 bridgehead atoms. The lowest BCUT2D eigenvalue weighted by atomic mass is 9.77. The average Bonchev–Trinajstić information content (AvgIpc) is 2.18. The summed E-state index contributed by atoms with van der Waals surface area (Å²) in [6.45, 7) is 5.77. The summed E-state index contributed by atoms with van der Waals surface area (Å²) in [7, 11) is 0. The third-order valence-corrected chi connectivity index (χ3v) is 3.32. The smallest absolute Gasteiger partial charge is 0.145 e. The molecule has 0 saturated carbocycles. The first-order chi connectivity index (χ1) is 7.12. The Balaban J connectivity index is 2.09. The second-order valence-corrected chi connectivity index (χ2v) is 4.69. The number of aryl methyl sites for hydroxylation is 1. The van der Waals surface area contributed by atoms with Crippen molar-refractivity contribution < 1.29 is 4.79 Å². The SMILES string of the molecule is Cc1ccccc1CC(=O)C1(C)CNC1. The Morgan fingerprint density at radius 3 is 2.60 bits per heavy atom. The monoisotopic (exact) mass is 203 g/mol. The first kappa shape index (κ1) is 10.4. The Labute approximate surface area is 90.7 Å². The molecule has 0 unspecified atom stereocenters. The van der Waals surface area contributed by atoms with Crippen molar-refractivity contribution in [1.82, 2.24) is 5.32 Å². The van der Waals surface area contributed by atoms with Crippen molar-refractivity contribution in [2.45, 2.75) is 20.3 Å². The van der Waals surface area contributed by atoms with Gasteiger partial charge in [-0.25, -0.2) is 0 Å². The number of carbonyl (C=O) groups is 1. The predicted molar refractivity (Wildman–Crippen MR) is 60.9 cm³/mol. The Morgan fingerprint density at radius 2 is 2.07 bits per heavy atom. The molecule has 0 atom stereocenters. The van der Waals surface area contributed by atoms with Crippen LogP contribution >= 0.6 is 0 Å². The van der Waals surface area contributed by atoms with Gasteiger partial charge in [-0.05, 0) is 18.1 Å². The number of carbonyl (C=O) groups excluding carboxylic acids is 1. The van der Waals surface area contributed by atoms with Gasteiger partial charge in [0.1, 0.15) is 5.78 Å². The van der Waals surface area contributed by atoms with Crippen molar-refractivity contribution in [3.8, 4) is 0 Å². The maximum atomic E-state index is 12.0. The van der Waals surface area contributed by atoms with E-state index in [-0.39, 0.29) is 5.41 Å². The molecule has 0 aromatic heterocycles. The van der Waals surface area contributed by atoms with Crippen molar-refractivity contribution in [3.05, 3.63) is 35.4 Å². The molecule has 80 valence electrons. The minimum Gasteiger partial charge on any atom is -0.315 e. The van der Waals surface area contributed by atoms with Crippen LogP contribution in [0.3, 0.4) is 0 Å². The zero-order valence-corrected chi connectivity index (χ0v) is 9.34. The molecule has 1 saturated heterocycles. The summed E-state index contributed by atoms with van der Waals surface area (Å²) in [6.07, 6.45) is 0.574. The van der Waals surface area contributed by atoms with Gasteiger partial charge >= 0.3 is 0 Å². The maximum absolute atomic E-state index is 12.0. The largest absolute Gasteiger partial charge is 0.315 e. The standard InChI is InChI=1S/C13H17NO/c1-10-5-3-4-6-11(10)7-12(15)13(2)8-14-9-13/h3-6,14H,7-9H2,1-2H3. The number of ketones is 1. The van der Waals surface area contributed by atoms with Crippen LogP contribution in [0.1, 0.15) is 18.1 Å². The zero-order valence-electron chi connectivity index (χ0n) is 9.34. The topological polar surface area (TPSA) is 29.1 Å². The van der Waals surface area contributed by atoms with Crippen LogP contribution in [-0.2, 0) is 11.2 Å². The van der Waals surface area contributed by atoms with E-state index in [0.29, 0.717) is 12.2 Å². The van der Waals surface area contributed by atoms with Crippen LogP contribution in [-0.4, -0.2) is 18.9 Å². The van der Waals surface area contributed by atoms with E-state index in [0.717, 1.165) is 18.7 Å². The Morgan fingerprint density at radius 1 is 1.40 bits per heavy atom. The van der Waals surface area contributed by atoms with E-state index in [1.54, 1.807) is 0 Å². The zero-order chi connectivity index (χ0) is 10.9. The molecule has 1 fully saturated rings. The lowest BCUT2D eigenvalue weighted by Gasteiger charge is -2.37. The Kier molecular flexibility index (Phi) is 2.61. The molecule has 0 amide bonds. The highest BCUT2D eigenvalue weighted by Crippen LogP contribution is 2.25. The highest BCUT2D eigenvalue weighted by molar-refractivity contribution is 5.88. The van der Waals surface area contributed by atoms with Crippen molar-refractivity contribution in [2.75, 3.05) is 13.1 Å². The average molecular weight is 203 g/mol. The number of nitrogens with one attached hydrogen (secondary N) is 1. The molecular weight excluding hydrogens is 186 g/mol. The van der Waals surface area contributed by atoms with Crippen molar-refractivity contribution in [2.24, 2.45) is 5.41 Å². The van der Waals surface area contributed by atoms with Crippen molar-refractivity contribution in [3.63, 3.8) is 0 Å². The van der Waals surface area contributed by atoms with E-state index in [1.807, 2.05) is 25.1 Å². The summed E-state index contributed by atoms with van der Waals surface area (Å²) >= 11 is 0. The van der Waals surface area contributed by atoms with Crippen LogP contribution in [0, 0.1) is 12.3 Å². The number of hydrogen-bond acceptors (Lipinski definition) is 2. The van der Waals surface area contributed by atoms with E-state index in [2.05, 4.69) is 18.3 Å². The highest BCUT2D eigenvalue weighted by Gasteiger charge is 2.38. The van der Waals surface area contributed by atoms with Crippen LogP contribution in [0.5, 0.6) is 0 Å². The van der Waals surface area contributed by atoms with Crippen molar-refractivity contribution in [1.29, 1.82) is 0 Å². The first-order valence-corrected chi connectivity index (χ1v) is 5.40. The van der Waals surface area contributed by atoms with Crippen LogP contribution in [0.2, 0.25) is 0 Å². The first-order valence-electron chi connectivity index (χ1n) is 5.40. The number of benzene rings is 1. The van der Waals surface area contributed by atoms with E-state index in [9.17, 15) is 4.79 Å². The molecule has 15 heavy (non-hydrogen) atoms. The Hall–Kier alpha value is -1.15. The summed E-state index contributed by atoms with van der Waals surface area (Å²) in [4.78, 5) is 12.0. The second kappa shape index (κ2) is 3.78. The normalized spacial score (nSPS) is 18.3. The second-order valence-electron chi connectivity index (χ2n) is 4.69. The molecule has 1 aromatic rings. The molecule has 2 rings (SSSR count). The number of rotatable bonds is 3. The summed E-state index contributed by atoms with van der Waals surface area (Å²) in [5.41, 5.74) is 2.25. The molecule has 1 heterocycles. The molecule has 1 aliphatic rings. The molecule has 0 aliphatic carbocycles. The number of Topliss-reactive ketones (excluding diaryl/α,β-unsaturated/α-hetero) is 1. The van der Waals surface area contributed by atoms with Gasteiger partial charge in [-0.15, -0.1) is 0 Å². The fourth-order valence-corrected chi connectivity index (χ4v) is 1.89.